The van der Waals surface area contributed by atoms with E-state index in [2.05, 4.69) is 13.2 Å². The summed E-state index contributed by atoms with van der Waals surface area (Å²) in [5.74, 6) is -2.08. The molecular formula is C30H41N3O5. The van der Waals surface area contributed by atoms with Crippen molar-refractivity contribution in [3.63, 3.8) is 0 Å². The van der Waals surface area contributed by atoms with Crippen molar-refractivity contribution in [1.29, 1.82) is 0 Å². The first-order valence-corrected chi connectivity index (χ1v) is 13.8. The highest BCUT2D eigenvalue weighted by atomic mass is 16.5. The van der Waals surface area contributed by atoms with Gasteiger partial charge < -0.3 is 24.5 Å². The van der Waals surface area contributed by atoms with Crippen molar-refractivity contribution in [3.05, 3.63) is 61.2 Å². The second-order valence-corrected chi connectivity index (χ2v) is 10.7. The molecule has 0 aliphatic carbocycles. The average molecular weight is 524 g/mol. The highest BCUT2D eigenvalue weighted by Gasteiger charge is 2.79. The topological polar surface area (TPSA) is 90.4 Å². The molecule has 3 aliphatic rings. The van der Waals surface area contributed by atoms with Crippen LogP contribution in [0.2, 0.25) is 0 Å². The summed E-state index contributed by atoms with van der Waals surface area (Å²) < 4.78 is 6.83. The Hall–Kier alpha value is -2.97. The van der Waals surface area contributed by atoms with Crippen LogP contribution in [0.4, 0.5) is 0 Å². The number of amides is 3. The number of aliphatic hydroxyl groups excluding tert-OH is 1. The number of carbonyl (C=O) groups is 3. The van der Waals surface area contributed by atoms with Gasteiger partial charge in [-0.15, -0.1) is 13.2 Å². The summed E-state index contributed by atoms with van der Waals surface area (Å²) in [6.07, 6.45) is 5.85. The molecule has 8 nitrogen and oxygen atoms in total. The monoisotopic (exact) mass is 523 g/mol. The fourth-order valence-corrected chi connectivity index (χ4v) is 7.00. The van der Waals surface area contributed by atoms with Crippen LogP contribution in [0.1, 0.15) is 45.1 Å². The summed E-state index contributed by atoms with van der Waals surface area (Å²) in [6, 6.07) is 8.76. The number of benzene rings is 1. The van der Waals surface area contributed by atoms with Gasteiger partial charge in [-0.2, -0.15) is 0 Å². The molecule has 3 amide bonds. The molecule has 0 saturated carbocycles. The van der Waals surface area contributed by atoms with Crippen LogP contribution in [0, 0.1) is 11.8 Å². The third-order valence-electron chi connectivity index (χ3n) is 8.55. The van der Waals surface area contributed by atoms with Crippen molar-refractivity contribution in [2.45, 2.75) is 63.3 Å². The number of hydrogen-bond acceptors (Lipinski definition) is 5. The van der Waals surface area contributed by atoms with Crippen LogP contribution in [0.5, 0.6) is 0 Å². The van der Waals surface area contributed by atoms with Gasteiger partial charge in [0.2, 0.25) is 17.7 Å². The third-order valence-corrected chi connectivity index (χ3v) is 8.55. The highest BCUT2D eigenvalue weighted by Crippen LogP contribution is 2.64. The van der Waals surface area contributed by atoms with E-state index in [1.807, 2.05) is 44.2 Å². The number of hydrogen-bond donors (Lipinski definition) is 1. The summed E-state index contributed by atoms with van der Waals surface area (Å²) in [5, 5.41) is 9.89. The van der Waals surface area contributed by atoms with Crippen LogP contribution in [0.25, 0.3) is 0 Å². The van der Waals surface area contributed by atoms with Crippen LogP contribution in [0.15, 0.2) is 55.6 Å². The van der Waals surface area contributed by atoms with Gasteiger partial charge >= 0.3 is 0 Å². The lowest BCUT2D eigenvalue weighted by Crippen LogP contribution is -2.56. The quantitative estimate of drug-likeness (QED) is 0.402. The Morgan fingerprint density at radius 1 is 1.11 bits per heavy atom. The molecule has 1 aromatic rings. The maximum atomic E-state index is 14.3. The van der Waals surface area contributed by atoms with E-state index in [0.29, 0.717) is 45.4 Å². The van der Waals surface area contributed by atoms with Gasteiger partial charge in [0.25, 0.3) is 0 Å². The van der Waals surface area contributed by atoms with E-state index >= 15 is 0 Å². The van der Waals surface area contributed by atoms with Gasteiger partial charge in [-0.3, -0.25) is 14.4 Å². The van der Waals surface area contributed by atoms with Crippen LogP contribution < -0.4 is 0 Å². The van der Waals surface area contributed by atoms with Crippen LogP contribution in [0.3, 0.4) is 0 Å². The lowest BCUT2D eigenvalue weighted by molar-refractivity contribution is -0.155. The van der Waals surface area contributed by atoms with Crippen molar-refractivity contribution < 1.29 is 24.2 Å². The van der Waals surface area contributed by atoms with E-state index in [0.717, 1.165) is 12.0 Å². The van der Waals surface area contributed by atoms with Gasteiger partial charge in [-0.1, -0.05) is 56.3 Å². The maximum absolute atomic E-state index is 14.3. The second-order valence-electron chi connectivity index (χ2n) is 10.7. The standard InChI is InChI=1S/C30H41N3O5/c1-5-16-31(17-6-2)26(35)23-24-27(36)33(19-20-34)25(30(24)15-14-29(23,8-4)38-30)28(37)32(18-7-3)21-22-12-10-9-11-13-22/h5,7,9-13,23-25,34H,1,3,6,8,14-21H2,2,4H3/t23-,24-,25?,29+,30?/m0/s1. The minimum atomic E-state index is -1.11. The van der Waals surface area contributed by atoms with Crippen molar-refractivity contribution >= 4 is 17.7 Å². The van der Waals surface area contributed by atoms with E-state index in [1.165, 1.54) is 4.90 Å². The molecule has 0 radical (unpaired) electrons. The van der Waals surface area contributed by atoms with Gasteiger partial charge in [0.1, 0.15) is 11.6 Å². The first-order chi connectivity index (χ1) is 18.3. The van der Waals surface area contributed by atoms with E-state index in [1.54, 1.807) is 22.0 Å². The zero-order chi connectivity index (χ0) is 27.5. The Kier molecular flexibility index (Phi) is 8.43. The summed E-state index contributed by atoms with van der Waals surface area (Å²) in [6.45, 7) is 13.0. The van der Waals surface area contributed by atoms with Crippen molar-refractivity contribution in [3.8, 4) is 0 Å². The first kappa shape index (κ1) is 28.0. The minimum Gasteiger partial charge on any atom is -0.395 e. The summed E-state index contributed by atoms with van der Waals surface area (Å²) in [7, 11) is 0. The van der Waals surface area contributed by atoms with Crippen molar-refractivity contribution in [1.82, 2.24) is 14.7 Å². The van der Waals surface area contributed by atoms with Gasteiger partial charge in [-0.05, 0) is 31.2 Å². The lowest BCUT2D eigenvalue weighted by atomic mass is 9.64. The van der Waals surface area contributed by atoms with E-state index in [-0.39, 0.29) is 30.9 Å². The number of likely N-dealkylation sites (tertiary alicyclic amines) is 1. The number of carbonyl (C=O) groups excluding carboxylic acids is 3. The molecule has 1 N–H and O–H groups in total. The van der Waals surface area contributed by atoms with Gasteiger partial charge in [0.05, 0.1) is 24.0 Å². The maximum Gasteiger partial charge on any atom is 0.248 e. The molecule has 5 atom stereocenters. The summed E-state index contributed by atoms with van der Waals surface area (Å²) in [4.78, 5) is 47.4. The third kappa shape index (κ3) is 4.47. The molecule has 3 saturated heterocycles. The predicted octanol–water partition coefficient (Wildman–Crippen LogP) is 2.77. The smallest absolute Gasteiger partial charge is 0.248 e. The number of β-amino-alcohol motifs (C(OH)–C–C–N with tert-alkyl or cyclic N) is 1. The number of rotatable bonds is 13. The Labute approximate surface area is 225 Å². The van der Waals surface area contributed by atoms with Crippen molar-refractivity contribution in [2.24, 2.45) is 11.8 Å². The molecular weight excluding hydrogens is 482 g/mol. The molecule has 1 spiro atoms. The van der Waals surface area contributed by atoms with Crippen LogP contribution in [-0.4, -0.2) is 87.6 Å². The Morgan fingerprint density at radius 3 is 2.39 bits per heavy atom. The van der Waals surface area contributed by atoms with Gasteiger partial charge in [-0.25, -0.2) is 0 Å². The largest absolute Gasteiger partial charge is 0.395 e. The number of aliphatic hydroxyl groups is 1. The SMILES string of the molecule is C=CCN(Cc1ccccc1)C(=O)C1N(CCO)C(=O)[C@@H]2[C@@H](C(=O)N(CC=C)CCC)[C@@]3(CC)CCC12O3. The molecule has 206 valence electrons. The number of fused-ring (bicyclic) bond motifs is 1. The molecule has 8 heteroatoms. The Balaban J connectivity index is 1.76. The molecule has 0 aromatic heterocycles. The van der Waals surface area contributed by atoms with E-state index in [9.17, 15) is 19.5 Å². The van der Waals surface area contributed by atoms with Crippen LogP contribution in [-0.2, 0) is 25.7 Å². The predicted molar refractivity (Wildman–Crippen MR) is 145 cm³/mol. The van der Waals surface area contributed by atoms with Gasteiger partial charge in [0, 0.05) is 32.7 Å². The Morgan fingerprint density at radius 2 is 1.79 bits per heavy atom. The highest BCUT2D eigenvalue weighted by molar-refractivity contribution is 5.99. The van der Waals surface area contributed by atoms with Gasteiger partial charge in [0.15, 0.2) is 0 Å². The number of nitrogens with zero attached hydrogens (tertiary/aromatic N) is 3. The molecule has 4 rings (SSSR count). The van der Waals surface area contributed by atoms with E-state index < -0.39 is 29.1 Å². The molecule has 38 heavy (non-hydrogen) atoms. The zero-order valence-electron chi connectivity index (χ0n) is 22.7. The Bertz CT molecular complexity index is 1060. The minimum absolute atomic E-state index is 0.00941. The zero-order valence-corrected chi connectivity index (χ0v) is 22.7. The molecule has 3 aliphatic heterocycles. The lowest BCUT2D eigenvalue weighted by Gasteiger charge is -2.37. The fraction of sp³-hybridized carbons (Fsp3) is 0.567. The molecule has 2 unspecified atom stereocenters. The van der Waals surface area contributed by atoms with Crippen molar-refractivity contribution in [2.75, 3.05) is 32.8 Å². The van der Waals surface area contributed by atoms with E-state index in [4.69, 9.17) is 4.74 Å². The summed E-state index contributed by atoms with van der Waals surface area (Å²) in [5.41, 5.74) is -0.942. The average Bonchev–Trinajstić information content (AvgIpc) is 3.52. The fourth-order valence-electron chi connectivity index (χ4n) is 7.00. The molecule has 2 bridgehead atoms. The molecule has 3 heterocycles. The molecule has 3 fully saturated rings. The molecule has 1 aromatic carbocycles. The van der Waals surface area contributed by atoms with Crippen LogP contribution >= 0.6 is 0 Å². The second kappa shape index (κ2) is 11.4. The first-order valence-electron chi connectivity index (χ1n) is 13.8. The normalized spacial score (nSPS) is 29.3. The summed E-state index contributed by atoms with van der Waals surface area (Å²) >= 11 is 0. The number of ether oxygens (including phenoxy) is 1.